The second kappa shape index (κ2) is 3.73. The van der Waals surface area contributed by atoms with E-state index in [9.17, 15) is 0 Å². The average Bonchev–Trinajstić information content (AvgIpc) is 2.37. The molecular formula is C6H12INO. The normalized spacial score (nSPS) is 27.7. The van der Waals surface area contributed by atoms with Gasteiger partial charge in [0.05, 0.1) is 11.2 Å². The molecule has 0 aromatic heterocycles. The van der Waals surface area contributed by atoms with Crippen LogP contribution in [0, 0.1) is 0 Å². The largest absolute Gasteiger partial charge is 0.380 e. The van der Waals surface area contributed by atoms with Crippen LogP contribution in [0.3, 0.4) is 0 Å². The average molecular weight is 241 g/mol. The van der Waals surface area contributed by atoms with Gasteiger partial charge in [-0.25, -0.2) is 0 Å². The maximum absolute atomic E-state index is 5.24. The second-order valence-electron chi connectivity index (χ2n) is 2.39. The molecule has 1 saturated heterocycles. The maximum Gasteiger partial charge on any atom is 0.0622 e. The minimum atomic E-state index is 0.682. The van der Waals surface area contributed by atoms with E-state index in [4.69, 9.17) is 4.74 Å². The van der Waals surface area contributed by atoms with E-state index >= 15 is 0 Å². The summed E-state index contributed by atoms with van der Waals surface area (Å²) in [5.74, 6) is 0. The molecule has 9 heavy (non-hydrogen) atoms. The maximum atomic E-state index is 5.24. The monoisotopic (exact) mass is 241 g/mol. The first-order chi connectivity index (χ1) is 4.34. The SMILES string of the molecule is CN(CI)C1CCOC1. The van der Waals surface area contributed by atoms with Gasteiger partial charge in [-0.15, -0.1) is 0 Å². The fourth-order valence-corrected chi connectivity index (χ4v) is 1.52. The van der Waals surface area contributed by atoms with Gasteiger partial charge in [0.2, 0.25) is 0 Å². The molecule has 1 heterocycles. The van der Waals surface area contributed by atoms with Crippen LogP contribution in [0.1, 0.15) is 6.42 Å². The molecule has 0 aromatic carbocycles. The minimum absolute atomic E-state index is 0.682. The summed E-state index contributed by atoms with van der Waals surface area (Å²) in [6.45, 7) is 1.88. The number of hydrogen-bond donors (Lipinski definition) is 0. The van der Waals surface area contributed by atoms with E-state index in [0.717, 1.165) is 17.8 Å². The molecule has 1 unspecified atom stereocenters. The first kappa shape index (κ1) is 7.75. The van der Waals surface area contributed by atoms with Gasteiger partial charge in [-0.3, -0.25) is 4.90 Å². The Morgan fingerprint density at radius 3 is 3.00 bits per heavy atom. The minimum Gasteiger partial charge on any atom is -0.380 e. The predicted molar refractivity (Wildman–Crippen MR) is 45.9 cm³/mol. The topological polar surface area (TPSA) is 12.5 Å². The van der Waals surface area contributed by atoms with Crippen molar-refractivity contribution < 1.29 is 4.74 Å². The summed E-state index contributed by atoms with van der Waals surface area (Å²) in [5, 5.41) is 0. The number of nitrogens with zero attached hydrogens (tertiary/aromatic N) is 1. The lowest BCUT2D eigenvalue weighted by molar-refractivity contribution is 0.169. The molecule has 3 heteroatoms. The highest BCUT2D eigenvalue weighted by atomic mass is 127. The number of halogens is 1. The lowest BCUT2D eigenvalue weighted by Gasteiger charge is -2.18. The van der Waals surface area contributed by atoms with Crippen molar-refractivity contribution in [3.05, 3.63) is 0 Å². The highest BCUT2D eigenvalue weighted by Gasteiger charge is 2.18. The summed E-state index contributed by atoms with van der Waals surface area (Å²) in [4.78, 5) is 2.33. The fourth-order valence-electron chi connectivity index (χ4n) is 0.967. The smallest absolute Gasteiger partial charge is 0.0622 e. The fraction of sp³-hybridized carbons (Fsp3) is 1.00. The number of hydrogen-bond acceptors (Lipinski definition) is 2. The van der Waals surface area contributed by atoms with Gasteiger partial charge in [0.15, 0.2) is 0 Å². The second-order valence-corrected chi connectivity index (χ2v) is 3.08. The van der Waals surface area contributed by atoms with E-state index in [1.165, 1.54) is 6.42 Å². The Kier molecular flexibility index (Phi) is 3.21. The highest BCUT2D eigenvalue weighted by molar-refractivity contribution is 14.1. The molecule has 0 radical (unpaired) electrons. The molecule has 0 aromatic rings. The summed E-state index contributed by atoms with van der Waals surface area (Å²) >= 11 is 2.37. The van der Waals surface area contributed by atoms with Gasteiger partial charge in [0.1, 0.15) is 0 Å². The van der Waals surface area contributed by atoms with E-state index in [1.807, 2.05) is 0 Å². The summed E-state index contributed by atoms with van der Waals surface area (Å²) < 4.78 is 6.34. The molecule has 54 valence electrons. The molecule has 1 aliphatic heterocycles. The molecular weight excluding hydrogens is 229 g/mol. The van der Waals surface area contributed by atoms with Crippen LogP contribution in [0.25, 0.3) is 0 Å². The molecule has 1 fully saturated rings. The third-order valence-electron chi connectivity index (χ3n) is 1.72. The van der Waals surface area contributed by atoms with Gasteiger partial charge in [-0.05, 0) is 13.5 Å². The van der Waals surface area contributed by atoms with Gasteiger partial charge < -0.3 is 4.74 Å². The predicted octanol–water partition coefficient (Wildman–Crippen LogP) is 1.10. The zero-order chi connectivity index (χ0) is 6.69. The van der Waals surface area contributed by atoms with Gasteiger partial charge in [-0.2, -0.15) is 0 Å². The van der Waals surface area contributed by atoms with Crippen molar-refractivity contribution in [2.24, 2.45) is 0 Å². The molecule has 0 aliphatic carbocycles. The number of ether oxygens (including phenoxy) is 1. The van der Waals surface area contributed by atoms with Crippen LogP contribution in [0.5, 0.6) is 0 Å². The molecule has 0 spiro atoms. The van der Waals surface area contributed by atoms with Gasteiger partial charge >= 0.3 is 0 Å². The van der Waals surface area contributed by atoms with Crippen LogP contribution in [0.15, 0.2) is 0 Å². The van der Waals surface area contributed by atoms with Gasteiger partial charge in [0.25, 0.3) is 0 Å². The van der Waals surface area contributed by atoms with E-state index in [2.05, 4.69) is 34.5 Å². The Labute approximate surface area is 69.7 Å². The van der Waals surface area contributed by atoms with Crippen LogP contribution < -0.4 is 0 Å². The van der Waals surface area contributed by atoms with Crippen LogP contribution in [-0.2, 0) is 4.74 Å². The molecule has 1 atom stereocenters. The van der Waals surface area contributed by atoms with Crippen molar-refractivity contribution in [3.8, 4) is 0 Å². The van der Waals surface area contributed by atoms with Crippen LogP contribution in [0.4, 0.5) is 0 Å². The number of alkyl halides is 1. The van der Waals surface area contributed by atoms with Crippen LogP contribution in [-0.4, -0.2) is 35.8 Å². The van der Waals surface area contributed by atoms with E-state index in [-0.39, 0.29) is 0 Å². The van der Waals surface area contributed by atoms with Gasteiger partial charge in [0, 0.05) is 12.6 Å². The summed E-state index contributed by atoms with van der Waals surface area (Å²) in [5.41, 5.74) is 0. The zero-order valence-corrected chi connectivity index (χ0v) is 7.80. The number of rotatable bonds is 2. The van der Waals surface area contributed by atoms with Crippen molar-refractivity contribution >= 4 is 22.6 Å². The lowest BCUT2D eigenvalue weighted by Crippen LogP contribution is -2.30. The Morgan fingerprint density at radius 1 is 1.78 bits per heavy atom. The molecule has 0 saturated carbocycles. The molecule has 1 rings (SSSR count). The lowest BCUT2D eigenvalue weighted by atomic mass is 10.2. The quantitative estimate of drug-likeness (QED) is 0.408. The Balaban J connectivity index is 2.24. The molecule has 0 N–H and O–H groups in total. The van der Waals surface area contributed by atoms with E-state index in [1.54, 1.807) is 0 Å². The van der Waals surface area contributed by atoms with Crippen molar-refractivity contribution in [1.82, 2.24) is 4.90 Å². The zero-order valence-electron chi connectivity index (χ0n) is 5.64. The molecule has 1 aliphatic rings. The summed E-state index contributed by atoms with van der Waals surface area (Å²) in [6.07, 6.45) is 1.21. The van der Waals surface area contributed by atoms with E-state index in [0.29, 0.717) is 6.04 Å². The highest BCUT2D eigenvalue weighted by Crippen LogP contribution is 2.10. The van der Waals surface area contributed by atoms with Crippen molar-refractivity contribution in [3.63, 3.8) is 0 Å². The Hall–Kier alpha value is 0.650. The number of likely N-dealkylation sites (N-methyl/N-ethyl adjacent to an activating group) is 1. The van der Waals surface area contributed by atoms with Crippen molar-refractivity contribution in [2.75, 3.05) is 24.8 Å². The van der Waals surface area contributed by atoms with Crippen LogP contribution >= 0.6 is 22.6 Å². The Bertz CT molecular complexity index is 83.1. The first-order valence-electron chi connectivity index (χ1n) is 3.18. The van der Waals surface area contributed by atoms with Crippen LogP contribution in [0.2, 0.25) is 0 Å². The standard InChI is InChI=1S/C6H12INO/c1-8(5-7)6-2-3-9-4-6/h6H,2-5H2,1H3. The molecule has 0 amide bonds. The Morgan fingerprint density at radius 2 is 2.56 bits per heavy atom. The van der Waals surface area contributed by atoms with Gasteiger partial charge in [-0.1, -0.05) is 22.6 Å². The summed E-state index contributed by atoms with van der Waals surface area (Å²) in [6, 6.07) is 0.682. The first-order valence-corrected chi connectivity index (χ1v) is 4.71. The molecule has 0 bridgehead atoms. The molecule has 2 nitrogen and oxygen atoms in total. The third kappa shape index (κ3) is 2.05. The van der Waals surface area contributed by atoms with E-state index < -0.39 is 0 Å². The van der Waals surface area contributed by atoms with Crippen molar-refractivity contribution in [2.45, 2.75) is 12.5 Å². The third-order valence-corrected chi connectivity index (χ3v) is 2.79. The summed E-state index contributed by atoms with van der Waals surface area (Å²) in [7, 11) is 2.14. The van der Waals surface area contributed by atoms with Crippen molar-refractivity contribution in [1.29, 1.82) is 0 Å².